The van der Waals surface area contributed by atoms with Gasteiger partial charge in [-0.15, -0.1) is 0 Å². The van der Waals surface area contributed by atoms with Crippen molar-refractivity contribution in [2.45, 2.75) is 34.1 Å². The second-order valence-electron chi connectivity index (χ2n) is 7.52. The summed E-state index contributed by atoms with van der Waals surface area (Å²) < 4.78 is 6.38. The van der Waals surface area contributed by atoms with Gasteiger partial charge >= 0.3 is 0 Å². The van der Waals surface area contributed by atoms with Crippen molar-refractivity contribution < 1.29 is 9.53 Å². The first kappa shape index (κ1) is 22.2. The van der Waals surface area contributed by atoms with E-state index in [4.69, 9.17) is 9.72 Å². The van der Waals surface area contributed by atoms with E-state index in [1.807, 2.05) is 29.2 Å². The highest BCUT2D eigenvalue weighted by molar-refractivity contribution is 7.22. The van der Waals surface area contributed by atoms with Gasteiger partial charge in [0.1, 0.15) is 5.75 Å². The van der Waals surface area contributed by atoms with E-state index >= 15 is 0 Å². The average Bonchev–Trinajstić information content (AvgIpc) is 3.15. The number of carbonyl (C=O) groups excluding carboxylic acids is 1. The van der Waals surface area contributed by atoms with Crippen LogP contribution in [0.1, 0.15) is 30.5 Å². The van der Waals surface area contributed by atoms with Gasteiger partial charge in [-0.25, -0.2) is 4.98 Å². The van der Waals surface area contributed by atoms with Gasteiger partial charge < -0.3 is 9.64 Å². The fourth-order valence-electron chi connectivity index (χ4n) is 3.60. The van der Waals surface area contributed by atoms with Crippen molar-refractivity contribution in [2.75, 3.05) is 38.2 Å². The van der Waals surface area contributed by atoms with Crippen molar-refractivity contribution in [3.63, 3.8) is 0 Å². The second kappa shape index (κ2) is 10.0. The number of hydrogen-bond acceptors (Lipinski definition) is 5. The minimum absolute atomic E-state index is 0.0701. The van der Waals surface area contributed by atoms with Gasteiger partial charge in [0.05, 0.1) is 23.7 Å². The third kappa shape index (κ3) is 5.18. The predicted octanol–water partition coefficient (Wildman–Crippen LogP) is 4.84. The van der Waals surface area contributed by atoms with Gasteiger partial charge in [-0.2, -0.15) is 0 Å². The smallest absolute Gasteiger partial charge is 0.233 e. The van der Waals surface area contributed by atoms with Gasteiger partial charge in [-0.1, -0.05) is 43.4 Å². The number of hydrogen-bond donors (Lipinski definition) is 0. The average molecular weight is 426 g/mol. The monoisotopic (exact) mass is 425 g/mol. The molecular weight excluding hydrogens is 394 g/mol. The summed E-state index contributed by atoms with van der Waals surface area (Å²) in [4.78, 5) is 22.4. The molecule has 0 saturated carbocycles. The lowest BCUT2D eigenvalue weighted by atomic mass is 10.1. The minimum Gasteiger partial charge on any atom is -0.497 e. The van der Waals surface area contributed by atoms with E-state index in [0.29, 0.717) is 13.0 Å². The molecule has 1 aromatic heterocycles. The summed E-state index contributed by atoms with van der Waals surface area (Å²) in [5.41, 5.74) is 4.34. The molecule has 0 unspecified atom stereocenters. The molecular formula is C24H31N3O2S. The number of carbonyl (C=O) groups is 1. The van der Waals surface area contributed by atoms with Crippen LogP contribution >= 0.6 is 11.3 Å². The van der Waals surface area contributed by atoms with Crippen LogP contribution in [0.3, 0.4) is 0 Å². The van der Waals surface area contributed by atoms with Crippen molar-refractivity contribution >= 4 is 32.6 Å². The molecule has 2 aromatic carbocycles. The molecule has 1 amide bonds. The summed E-state index contributed by atoms with van der Waals surface area (Å²) in [5.74, 6) is 0.863. The number of fused-ring (bicyclic) bond motifs is 1. The summed E-state index contributed by atoms with van der Waals surface area (Å²) in [6.07, 6.45) is 0.343. The lowest BCUT2D eigenvalue weighted by Gasteiger charge is -2.24. The van der Waals surface area contributed by atoms with Gasteiger partial charge in [-0.3, -0.25) is 9.69 Å². The number of aromatic nitrogens is 1. The van der Waals surface area contributed by atoms with Crippen molar-refractivity contribution in [2.24, 2.45) is 0 Å². The number of ether oxygens (including phenoxy) is 1. The Balaban J connectivity index is 1.89. The number of nitrogens with zero attached hydrogens (tertiary/aromatic N) is 3. The minimum atomic E-state index is 0.0701. The zero-order valence-corrected chi connectivity index (χ0v) is 19.4. The van der Waals surface area contributed by atoms with E-state index < -0.39 is 0 Å². The molecule has 0 fully saturated rings. The Hall–Kier alpha value is -2.44. The molecule has 6 heteroatoms. The zero-order valence-electron chi connectivity index (χ0n) is 18.6. The fourth-order valence-corrected chi connectivity index (χ4v) is 4.66. The molecule has 160 valence electrons. The van der Waals surface area contributed by atoms with E-state index in [9.17, 15) is 4.79 Å². The van der Waals surface area contributed by atoms with Crippen LogP contribution in [0.4, 0.5) is 5.13 Å². The highest BCUT2D eigenvalue weighted by Crippen LogP contribution is 2.32. The Labute approximate surface area is 183 Å². The molecule has 1 heterocycles. The first-order chi connectivity index (χ1) is 14.4. The topological polar surface area (TPSA) is 45.7 Å². The summed E-state index contributed by atoms with van der Waals surface area (Å²) in [6.45, 7) is 11.9. The van der Waals surface area contributed by atoms with Crippen LogP contribution in [0.5, 0.6) is 5.75 Å². The Bertz CT molecular complexity index is 994. The van der Waals surface area contributed by atoms with Gasteiger partial charge in [0.25, 0.3) is 0 Å². The molecule has 0 bridgehead atoms. The lowest BCUT2D eigenvalue weighted by molar-refractivity contribution is -0.118. The molecule has 3 rings (SSSR count). The highest BCUT2D eigenvalue weighted by Gasteiger charge is 2.21. The van der Waals surface area contributed by atoms with Crippen LogP contribution in [-0.4, -0.2) is 49.1 Å². The number of anilines is 1. The number of benzene rings is 2. The zero-order chi connectivity index (χ0) is 21.7. The van der Waals surface area contributed by atoms with Crippen LogP contribution in [0, 0.1) is 13.8 Å². The standard InChI is InChI=1S/C24H31N3O2S/c1-6-26(7-2)12-13-27(22(28)16-19-8-10-20(29-5)11-9-19)24-25-21-15-17(3)14-18(4)23(21)30-24/h8-11,14-15H,6-7,12-13,16H2,1-5H3. The number of thiazole rings is 1. The largest absolute Gasteiger partial charge is 0.497 e. The molecule has 0 spiro atoms. The van der Waals surface area contributed by atoms with E-state index in [1.165, 1.54) is 11.1 Å². The quantitative estimate of drug-likeness (QED) is 0.492. The summed E-state index contributed by atoms with van der Waals surface area (Å²) in [7, 11) is 1.64. The van der Waals surface area contributed by atoms with Crippen molar-refractivity contribution in [3.05, 3.63) is 53.1 Å². The van der Waals surface area contributed by atoms with E-state index in [-0.39, 0.29) is 5.91 Å². The second-order valence-corrected chi connectivity index (χ2v) is 8.50. The van der Waals surface area contributed by atoms with Crippen LogP contribution in [0.2, 0.25) is 0 Å². The van der Waals surface area contributed by atoms with Crippen LogP contribution in [-0.2, 0) is 11.2 Å². The fraction of sp³-hybridized carbons (Fsp3) is 0.417. The molecule has 5 nitrogen and oxygen atoms in total. The van der Waals surface area contributed by atoms with Crippen LogP contribution in [0.15, 0.2) is 36.4 Å². The van der Waals surface area contributed by atoms with Crippen molar-refractivity contribution in [1.82, 2.24) is 9.88 Å². The molecule has 3 aromatic rings. The number of methoxy groups -OCH3 is 1. The molecule has 0 saturated heterocycles. The first-order valence-electron chi connectivity index (χ1n) is 10.5. The maximum absolute atomic E-state index is 13.3. The number of amides is 1. The summed E-state index contributed by atoms with van der Waals surface area (Å²) in [6, 6.07) is 12.0. The number of rotatable bonds is 9. The van der Waals surface area contributed by atoms with Gasteiger partial charge in [0, 0.05) is 13.1 Å². The molecule has 30 heavy (non-hydrogen) atoms. The van der Waals surface area contributed by atoms with Gasteiger partial charge in [0.2, 0.25) is 5.91 Å². The Morgan fingerprint density at radius 1 is 1.07 bits per heavy atom. The van der Waals surface area contributed by atoms with Crippen molar-refractivity contribution in [3.8, 4) is 5.75 Å². The Morgan fingerprint density at radius 3 is 2.40 bits per heavy atom. The SMILES string of the molecule is CCN(CC)CCN(C(=O)Cc1ccc(OC)cc1)c1nc2cc(C)cc(C)c2s1. The molecule has 0 atom stereocenters. The molecule has 0 radical (unpaired) electrons. The molecule has 0 N–H and O–H groups in total. The number of likely N-dealkylation sites (N-methyl/N-ethyl adjacent to an activating group) is 1. The maximum atomic E-state index is 13.3. The van der Waals surface area contributed by atoms with E-state index in [2.05, 4.69) is 44.7 Å². The van der Waals surface area contributed by atoms with E-state index in [0.717, 1.165) is 46.3 Å². The van der Waals surface area contributed by atoms with Crippen LogP contribution in [0.25, 0.3) is 10.2 Å². The first-order valence-corrected chi connectivity index (χ1v) is 11.3. The molecule has 0 aliphatic rings. The van der Waals surface area contributed by atoms with Crippen molar-refractivity contribution in [1.29, 1.82) is 0 Å². The third-order valence-corrected chi connectivity index (χ3v) is 6.62. The maximum Gasteiger partial charge on any atom is 0.233 e. The Morgan fingerprint density at radius 2 is 1.77 bits per heavy atom. The summed E-state index contributed by atoms with van der Waals surface area (Å²) >= 11 is 1.61. The molecule has 0 aliphatic heterocycles. The van der Waals surface area contributed by atoms with E-state index in [1.54, 1.807) is 18.4 Å². The predicted molar refractivity (Wildman–Crippen MR) is 126 cm³/mol. The lowest BCUT2D eigenvalue weighted by Crippen LogP contribution is -2.39. The normalized spacial score (nSPS) is 11.3. The molecule has 0 aliphatic carbocycles. The summed E-state index contributed by atoms with van der Waals surface area (Å²) in [5, 5.41) is 0.782. The van der Waals surface area contributed by atoms with Crippen LogP contribution < -0.4 is 9.64 Å². The van der Waals surface area contributed by atoms with Gasteiger partial charge in [-0.05, 0) is 61.8 Å². The number of aryl methyl sites for hydroxylation is 2. The third-order valence-electron chi connectivity index (χ3n) is 5.39. The highest BCUT2D eigenvalue weighted by atomic mass is 32.1. The van der Waals surface area contributed by atoms with Gasteiger partial charge in [0.15, 0.2) is 5.13 Å². The Kier molecular flexibility index (Phi) is 7.45.